The Morgan fingerprint density at radius 2 is 2.47 bits per heavy atom. The van der Waals surface area contributed by atoms with E-state index >= 15 is 0 Å². The van der Waals surface area contributed by atoms with Crippen molar-refractivity contribution in [1.29, 1.82) is 5.26 Å². The molecule has 1 aromatic heterocycles. The lowest BCUT2D eigenvalue weighted by atomic mass is 10.3. The number of amides is 1. The minimum atomic E-state index is -0.379. The standard InChI is InChI=1S/C7H10N6OS/c8-3-4-13-11-6(10-12-13)2-1-5-15-7(9)14/h1-2,4-5H2,(H2,9,14). The normalized spacial score (nSPS) is 9.80. The highest BCUT2D eigenvalue weighted by Crippen LogP contribution is 2.04. The Kier molecular flexibility index (Phi) is 4.56. The van der Waals surface area contributed by atoms with Crippen LogP contribution in [0.2, 0.25) is 0 Å². The maximum Gasteiger partial charge on any atom is 0.276 e. The van der Waals surface area contributed by atoms with Crippen molar-refractivity contribution in [2.45, 2.75) is 19.4 Å². The van der Waals surface area contributed by atoms with Crippen molar-refractivity contribution in [3.63, 3.8) is 0 Å². The van der Waals surface area contributed by atoms with Crippen LogP contribution in [0.5, 0.6) is 0 Å². The number of carbonyl (C=O) groups excluding carboxylic acids is 1. The molecular formula is C7H10N6OS. The van der Waals surface area contributed by atoms with Crippen LogP contribution in [0.1, 0.15) is 12.2 Å². The molecule has 0 fully saturated rings. The molecule has 1 rings (SSSR count). The van der Waals surface area contributed by atoms with Crippen molar-refractivity contribution in [2.24, 2.45) is 5.73 Å². The van der Waals surface area contributed by atoms with Gasteiger partial charge in [0.2, 0.25) is 0 Å². The van der Waals surface area contributed by atoms with E-state index in [-0.39, 0.29) is 11.8 Å². The molecule has 0 saturated heterocycles. The van der Waals surface area contributed by atoms with Crippen LogP contribution in [-0.4, -0.2) is 31.2 Å². The SMILES string of the molecule is N#CCn1nnc(CCCSC(N)=O)n1. The summed E-state index contributed by atoms with van der Waals surface area (Å²) in [6.45, 7) is 0.100. The van der Waals surface area contributed by atoms with E-state index in [0.29, 0.717) is 18.0 Å². The number of carbonyl (C=O) groups is 1. The van der Waals surface area contributed by atoms with E-state index in [1.807, 2.05) is 6.07 Å². The van der Waals surface area contributed by atoms with Crippen molar-refractivity contribution in [3.05, 3.63) is 5.82 Å². The summed E-state index contributed by atoms with van der Waals surface area (Å²) in [5, 5.41) is 19.4. The molecule has 0 radical (unpaired) electrons. The molecule has 0 unspecified atom stereocenters. The molecule has 0 aliphatic rings. The molecule has 0 aliphatic carbocycles. The van der Waals surface area contributed by atoms with E-state index in [1.54, 1.807) is 0 Å². The van der Waals surface area contributed by atoms with Gasteiger partial charge in [-0.25, -0.2) is 0 Å². The zero-order valence-electron chi connectivity index (χ0n) is 7.96. The van der Waals surface area contributed by atoms with Gasteiger partial charge in [-0.3, -0.25) is 4.79 Å². The summed E-state index contributed by atoms with van der Waals surface area (Å²) in [5.41, 5.74) is 4.96. The Balaban J connectivity index is 2.26. The van der Waals surface area contributed by atoms with Crippen LogP contribution in [-0.2, 0) is 13.0 Å². The Morgan fingerprint density at radius 3 is 3.13 bits per heavy atom. The number of hydrogen-bond donors (Lipinski definition) is 1. The third-order valence-electron chi connectivity index (χ3n) is 1.50. The Bertz CT molecular complexity index is 370. The van der Waals surface area contributed by atoms with E-state index in [2.05, 4.69) is 15.4 Å². The molecular weight excluding hydrogens is 216 g/mol. The number of aromatic nitrogens is 4. The lowest BCUT2D eigenvalue weighted by Gasteiger charge is -1.93. The van der Waals surface area contributed by atoms with Gasteiger partial charge in [-0.15, -0.1) is 15.0 Å². The number of primary amides is 1. The summed E-state index contributed by atoms with van der Waals surface area (Å²) in [6, 6.07) is 1.91. The van der Waals surface area contributed by atoms with Crippen LogP contribution < -0.4 is 5.73 Å². The van der Waals surface area contributed by atoms with E-state index in [0.717, 1.165) is 18.2 Å². The van der Waals surface area contributed by atoms with E-state index < -0.39 is 0 Å². The fourth-order valence-corrected chi connectivity index (χ4v) is 1.40. The molecule has 1 heterocycles. The van der Waals surface area contributed by atoms with Gasteiger partial charge >= 0.3 is 0 Å². The predicted octanol–water partition coefficient (Wildman–Crippen LogP) is -0.0588. The average Bonchev–Trinajstić information content (AvgIpc) is 2.61. The van der Waals surface area contributed by atoms with Crippen molar-refractivity contribution in [2.75, 3.05) is 5.75 Å². The minimum Gasteiger partial charge on any atom is -0.361 e. The predicted molar refractivity (Wildman–Crippen MR) is 53.8 cm³/mol. The molecule has 0 saturated carbocycles. The first-order valence-corrected chi connectivity index (χ1v) is 5.27. The minimum absolute atomic E-state index is 0.100. The molecule has 0 spiro atoms. The first kappa shape index (κ1) is 11.5. The van der Waals surface area contributed by atoms with Gasteiger partial charge in [0.1, 0.15) is 6.54 Å². The second-order valence-corrected chi connectivity index (χ2v) is 3.76. The van der Waals surface area contributed by atoms with Gasteiger partial charge in [0, 0.05) is 12.2 Å². The Morgan fingerprint density at radius 1 is 1.67 bits per heavy atom. The van der Waals surface area contributed by atoms with E-state index in [1.165, 1.54) is 4.80 Å². The molecule has 0 aliphatic heterocycles. The molecule has 0 atom stereocenters. The molecule has 1 amide bonds. The number of thioether (sulfide) groups is 1. The number of nitrogens with two attached hydrogens (primary N) is 1. The summed E-state index contributed by atoms with van der Waals surface area (Å²) < 4.78 is 0. The van der Waals surface area contributed by atoms with E-state index in [4.69, 9.17) is 11.0 Å². The molecule has 15 heavy (non-hydrogen) atoms. The quantitative estimate of drug-likeness (QED) is 0.704. The summed E-state index contributed by atoms with van der Waals surface area (Å²) >= 11 is 1.07. The smallest absolute Gasteiger partial charge is 0.276 e. The average molecular weight is 226 g/mol. The highest BCUT2D eigenvalue weighted by atomic mass is 32.2. The zero-order valence-corrected chi connectivity index (χ0v) is 8.77. The summed E-state index contributed by atoms with van der Waals surface area (Å²) in [6.07, 6.45) is 1.39. The van der Waals surface area contributed by atoms with Crippen molar-refractivity contribution in [1.82, 2.24) is 20.2 Å². The molecule has 1 aromatic rings. The van der Waals surface area contributed by atoms with Gasteiger partial charge in [-0.2, -0.15) is 5.26 Å². The number of aryl methyl sites for hydroxylation is 1. The summed E-state index contributed by atoms with van der Waals surface area (Å²) in [4.78, 5) is 11.6. The fraction of sp³-hybridized carbons (Fsp3) is 0.571. The third kappa shape index (κ3) is 4.42. The van der Waals surface area contributed by atoms with Gasteiger partial charge in [0.05, 0.1) is 6.07 Å². The lowest BCUT2D eigenvalue weighted by molar-refractivity contribution is 0.267. The van der Waals surface area contributed by atoms with Crippen LogP contribution >= 0.6 is 11.8 Å². The maximum atomic E-state index is 10.4. The molecule has 80 valence electrons. The van der Waals surface area contributed by atoms with Gasteiger partial charge in [0.15, 0.2) is 5.82 Å². The summed E-state index contributed by atoms with van der Waals surface area (Å²) in [5.74, 6) is 1.22. The number of nitriles is 1. The number of nitrogens with zero attached hydrogens (tertiary/aromatic N) is 5. The van der Waals surface area contributed by atoms with Crippen LogP contribution in [0.25, 0.3) is 0 Å². The van der Waals surface area contributed by atoms with Crippen molar-refractivity contribution in [3.8, 4) is 6.07 Å². The van der Waals surface area contributed by atoms with Crippen molar-refractivity contribution >= 4 is 17.0 Å². The van der Waals surface area contributed by atoms with Gasteiger partial charge in [-0.1, -0.05) is 11.8 Å². The monoisotopic (exact) mass is 226 g/mol. The fourth-order valence-electron chi connectivity index (χ4n) is 0.910. The van der Waals surface area contributed by atoms with Crippen LogP contribution in [0.4, 0.5) is 4.79 Å². The third-order valence-corrected chi connectivity index (χ3v) is 2.27. The second kappa shape index (κ2) is 5.98. The first-order valence-electron chi connectivity index (χ1n) is 4.28. The van der Waals surface area contributed by atoms with Crippen LogP contribution in [0, 0.1) is 11.3 Å². The van der Waals surface area contributed by atoms with Gasteiger partial charge in [-0.05, 0) is 11.6 Å². The van der Waals surface area contributed by atoms with Crippen LogP contribution in [0.3, 0.4) is 0 Å². The van der Waals surface area contributed by atoms with Crippen LogP contribution in [0.15, 0.2) is 0 Å². The van der Waals surface area contributed by atoms with Gasteiger partial charge in [0.25, 0.3) is 5.24 Å². The highest BCUT2D eigenvalue weighted by molar-refractivity contribution is 8.13. The number of hydrogen-bond acceptors (Lipinski definition) is 6. The first-order chi connectivity index (χ1) is 7.22. The largest absolute Gasteiger partial charge is 0.361 e. The molecule has 7 nitrogen and oxygen atoms in total. The molecule has 0 aromatic carbocycles. The topological polar surface area (TPSA) is 110 Å². The molecule has 2 N–H and O–H groups in total. The molecule has 0 bridgehead atoms. The van der Waals surface area contributed by atoms with E-state index in [9.17, 15) is 4.79 Å². The lowest BCUT2D eigenvalue weighted by Crippen LogP contribution is -2.04. The summed E-state index contributed by atoms with van der Waals surface area (Å²) in [7, 11) is 0. The molecule has 8 heteroatoms. The number of tetrazole rings is 1. The highest BCUT2D eigenvalue weighted by Gasteiger charge is 2.02. The Labute approximate surface area is 90.6 Å². The van der Waals surface area contributed by atoms with Crippen molar-refractivity contribution < 1.29 is 4.79 Å². The Hall–Kier alpha value is -1.62. The number of rotatable bonds is 5. The van der Waals surface area contributed by atoms with Gasteiger partial charge < -0.3 is 5.73 Å². The second-order valence-electron chi connectivity index (χ2n) is 2.67. The zero-order chi connectivity index (χ0) is 11.1. The maximum absolute atomic E-state index is 10.4.